The second-order valence-corrected chi connectivity index (χ2v) is 5.41. The number of hydrogen-bond acceptors (Lipinski definition) is 5. The van der Waals surface area contributed by atoms with E-state index in [-0.39, 0.29) is 12.0 Å². The van der Waals surface area contributed by atoms with Crippen molar-refractivity contribution in [2.45, 2.75) is 33.8 Å². The van der Waals surface area contributed by atoms with Crippen LogP contribution in [0.2, 0.25) is 0 Å². The lowest BCUT2D eigenvalue weighted by molar-refractivity contribution is -0.128. The number of nitrogens with two attached hydrogens (primary N) is 1. The number of hydrazone groups is 1. The zero-order valence-corrected chi connectivity index (χ0v) is 13.0. The summed E-state index contributed by atoms with van der Waals surface area (Å²) in [5.41, 5.74) is 8.67. The number of hydrogen-bond donors (Lipinski definition) is 1. The number of aryl methyl sites for hydroxylation is 1. The van der Waals surface area contributed by atoms with Gasteiger partial charge in [-0.05, 0) is 32.4 Å². The highest BCUT2D eigenvalue weighted by molar-refractivity contribution is 5.85. The number of ether oxygens (including phenoxy) is 1. The molecule has 0 bridgehead atoms. The standard InChI is InChI=1S/C15H22N4O2/c1-10(2)21-15-8-14(11(3)7-13(15)16)18-5-6-19(12(4)20)17-9-18/h7-10H,5-6,16H2,1-4H3. The third-order valence-corrected chi connectivity index (χ3v) is 3.25. The van der Waals surface area contributed by atoms with Gasteiger partial charge in [0, 0.05) is 25.2 Å². The zero-order valence-electron chi connectivity index (χ0n) is 13.0. The summed E-state index contributed by atoms with van der Waals surface area (Å²) in [6.45, 7) is 8.69. The van der Waals surface area contributed by atoms with Crippen molar-refractivity contribution in [1.82, 2.24) is 5.01 Å². The van der Waals surface area contributed by atoms with Gasteiger partial charge in [-0.25, -0.2) is 5.01 Å². The number of amides is 1. The number of nitrogen functional groups attached to an aromatic ring is 1. The molecule has 114 valence electrons. The van der Waals surface area contributed by atoms with Gasteiger partial charge >= 0.3 is 0 Å². The minimum absolute atomic E-state index is 0.0521. The van der Waals surface area contributed by atoms with Crippen molar-refractivity contribution >= 4 is 23.6 Å². The van der Waals surface area contributed by atoms with Crippen molar-refractivity contribution in [1.29, 1.82) is 0 Å². The lowest BCUT2D eigenvalue weighted by Gasteiger charge is -2.29. The molecule has 0 fully saturated rings. The van der Waals surface area contributed by atoms with E-state index in [1.807, 2.05) is 37.8 Å². The summed E-state index contributed by atoms with van der Waals surface area (Å²) < 4.78 is 5.73. The maximum absolute atomic E-state index is 11.3. The van der Waals surface area contributed by atoms with Crippen LogP contribution in [0, 0.1) is 6.92 Å². The highest BCUT2D eigenvalue weighted by Crippen LogP contribution is 2.32. The maximum atomic E-state index is 11.3. The molecule has 1 aliphatic rings. The van der Waals surface area contributed by atoms with Crippen molar-refractivity contribution in [2.24, 2.45) is 5.10 Å². The third-order valence-electron chi connectivity index (χ3n) is 3.25. The lowest BCUT2D eigenvalue weighted by atomic mass is 10.1. The topological polar surface area (TPSA) is 71.2 Å². The van der Waals surface area contributed by atoms with Crippen LogP contribution in [-0.2, 0) is 4.79 Å². The molecule has 0 aliphatic carbocycles. The van der Waals surface area contributed by atoms with E-state index in [9.17, 15) is 4.79 Å². The van der Waals surface area contributed by atoms with E-state index in [4.69, 9.17) is 10.5 Å². The summed E-state index contributed by atoms with van der Waals surface area (Å²) in [5, 5.41) is 5.61. The molecule has 0 saturated carbocycles. The van der Waals surface area contributed by atoms with E-state index in [0.717, 1.165) is 11.3 Å². The minimum atomic E-state index is -0.0521. The smallest absolute Gasteiger partial charge is 0.239 e. The summed E-state index contributed by atoms with van der Waals surface area (Å²) in [5.74, 6) is 0.622. The molecule has 0 aromatic heterocycles. The van der Waals surface area contributed by atoms with Crippen LogP contribution in [0.1, 0.15) is 26.3 Å². The Kier molecular flexibility index (Phi) is 4.35. The minimum Gasteiger partial charge on any atom is -0.489 e. The molecule has 0 unspecified atom stereocenters. The van der Waals surface area contributed by atoms with Crippen LogP contribution >= 0.6 is 0 Å². The van der Waals surface area contributed by atoms with E-state index in [1.165, 1.54) is 11.9 Å². The van der Waals surface area contributed by atoms with Crippen LogP contribution < -0.4 is 15.4 Å². The van der Waals surface area contributed by atoms with Crippen LogP contribution in [0.3, 0.4) is 0 Å². The summed E-state index contributed by atoms with van der Waals surface area (Å²) in [6, 6.07) is 3.83. The molecule has 1 heterocycles. The van der Waals surface area contributed by atoms with Crippen LogP contribution in [0.25, 0.3) is 0 Å². The van der Waals surface area contributed by atoms with Crippen molar-refractivity contribution in [2.75, 3.05) is 23.7 Å². The Labute approximate surface area is 125 Å². The molecule has 6 nitrogen and oxygen atoms in total. The fraction of sp³-hybridized carbons (Fsp3) is 0.467. The fourth-order valence-corrected chi connectivity index (χ4v) is 2.23. The van der Waals surface area contributed by atoms with Gasteiger partial charge in [-0.2, -0.15) is 5.10 Å². The van der Waals surface area contributed by atoms with Crippen LogP contribution in [-0.4, -0.2) is 36.4 Å². The maximum Gasteiger partial charge on any atom is 0.239 e. The van der Waals surface area contributed by atoms with E-state index in [2.05, 4.69) is 5.10 Å². The van der Waals surface area contributed by atoms with Crippen molar-refractivity contribution in [3.05, 3.63) is 17.7 Å². The highest BCUT2D eigenvalue weighted by atomic mass is 16.5. The fourth-order valence-electron chi connectivity index (χ4n) is 2.23. The van der Waals surface area contributed by atoms with Gasteiger partial charge in [0.15, 0.2) is 0 Å². The number of anilines is 2. The number of carbonyl (C=O) groups is 1. The lowest BCUT2D eigenvalue weighted by Crippen LogP contribution is -2.40. The van der Waals surface area contributed by atoms with Gasteiger partial charge in [-0.3, -0.25) is 4.79 Å². The van der Waals surface area contributed by atoms with E-state index >= 15 is 0 Å². The average molecular weight is 290 g/mol. The molecular formula is C15H22N4O2. The van der Waals surface area contributed by atoms with Crippen LogP contribution in [0.4, 0.5) is 11.4 Å². The molecule has 1 aliphatic heterocycles. The molecule has 21 heavy (non-hydrogen) atoms. The van der Waals surface area contributed by atoms with Crippen LogP contribution in [0.15, 0.2) is 17.2 Å². The van der Waals surface area contributed by atoms with Gasteiger partial charge in [0.25, 0.3) is 0 Å². The summed E-state index contributed by atoms with van der Waals surface area (Å²) in [6.07, 6.45) is 1.73. The monoisotopic (exact) mass is 290 g/mol. The second-order valence-electron chi connectivity index (χ2n) is 5.41. The molecule has 1 aromatic rings. The Morgan fingerprint density at radius 3 is 2.62 bits per heavy atom. The molecule has 2 N–H and O–H groups in total. The first kappa shape index (κ1) is 15.2. The molecule has 0 saturated heterocycles. The molecular weight excluding hydrogens is 268 g/mol. The van der Waals surface area contributed by atoms with Crippen LogP contribution in [0.5, 0.6) is 5.75 Å². The Hall–Kier alpha value is -2.24. The number of nitrogens with zero attached hydrogens (tertiary/aromatic N) is 3. The second kappa shape index (κ2) is 6.03. The van der Waals surface area contributed by atoms with Crippen molar-refractivity contribution in [3.8, 4) is 5.75 Å². The normalized spacial score (nSPS) is 14.7. The zero-order chi connectivity index (χ0) is 15.6. The summed E-state index contributed by atoms with van der Waals surface area (Å²) >= 11 is 0. The molecule has 0 atom stereocenters. The van der Waals surface area contributed by atoms with Gasteiger partial charge in [0.1, 0.15) is 12.1 Å². The molecule has 6 heteroatoms. The van der Waals surface area contributed by atoms with Crippen molar-refractivity contribution < 1.29 is 9.53 Å². The van der Waals surface area contributed by atoms with E-state index in [0.29, 0.717) is 24.5 Å². The number of carbonyl (C=O) groups excluding carboxylic acids is 1. The van der Waals surface area contributed by atoms with Gasteiger partial charge < -0.3 is 15.4 Å². The Morgan fingerprint density at radius 1 is 1.38 bits per heavy atom. The molecule has 0 radical (unpaired) electrons. The quantitative estimate of drug-likeness (QED) is 0.864. The Balaban J connectivity index is 2.28. The first-order valence-corrected chi connectivity index (χ1v) is 7.04. The van der Waals surface area contributed by atoms with Gasteiger partial charge in [-0.15, -0.1) is 0 Å². The SMILES string of the molecule is CC(=O)N1CCN(c2cc(OC(C)C)c(N)cc2C)C=N1. The Bertz CT molecular complexity index is 569. The molecule has 0 spiro atoms. The Morgan fingerprint density at radius 2 is 2.10 bits per heavy atom. The first-order chi connectivity index (χ1) is 9.88. The van der Waals surface area contributed by atoms with Gasteiger partial charge in [0.05, 0.1) is 18.3 Å². The first-order valence-electron chi connectivity index (χ1n) is 7.04. The highest BCUT2D eigenvalue weighted by Gasteiger charge is 2.18. The molecule has 1 amide bonds. The molecule has 2 rings (SSSR count). The van der Waals surface area contributed by atoms with E-state index < -0.39 is 0 Å². The summed E-state index contributed by atoms with van der Waals surface area (Å²) in [7, 11) is 0. The number of benzene rings is 1. The van der Waals surface area contributed by atoms with E-state index in [1.54, 1.807) is 6.34 Å². The third kappa shape index (κ3) is 3.45. The van der Waals surface area contributed by atoms with Gasteiger partial charge in [0.2, 0.25) is 5.91 Å². The molecule has 1 aromatic carbocycles. The summed E-state index contributed by atoms with van der Waals surface area (Å²) in [4.78, 5) is 13.3. The van der Waals surface area contributed by atoms with Crippen molar-refractivity contribution in [3.63, 3.8) is 0 Å². The average Bonchev–Trinajstić information content (AvgIpc) is 2.41. The predicted octanol–water partition coefficient (Wildman–Crippen LogP) is 1.98. The largest absolute Gasteiger partial charge is 0.489 e. The predicted molar refractivity (Wildman–Crippen MR) is 84.6 cm³/mol. The number of rotatable bonds is 3. The van der Waals surface area contributed by atoms with Gasteiger partial charge in [-0.1, -0.05) is 0 Å².